The first-order valence-corrected chi connectivity index (χ1v) is 4.25. The molecule has 1 aromatic heterocycles. The first-order valence-electron chi connectivity index (χ1n) is 3.45. The van der Waals surface area contributed by atoms with Gasteiger partial charge in [0.15, 0.2) is 10.8 Å². The monoisotopic (exact) mass is 231 g/mol. The van der Waals surface area contributed by atoms with Gasteiger partial charge in [0.2, 0.25) is 0 Å². The second kappa shape index (κ2) is 2.82. The van der Waals surface area contributed by atoms with Gasteiger partial charge in [-0.25, -0.2) is 4.79 Å². The highest BCUT2D eigenvalue weighted by Crippen LogP contribution is 2.24. The average molecular weight is 232 g/mol. The molecule has 5 heteroatoms. The van der Waals surface area contributed by atoms with Gasteiger partial charge in [0.25, 0.3) is 0 Å². The van der Waals surface area contributed by atoms with Crippen molar-refractivity contribution >= 4 is 22.0 Å². The van der Waals surface area contributed by atoms with E-state index >= 15 is 0 Å². The third kappa shape index (κ3) is 1.32. The van der Waals surface area contributed by atoms with E-state index in [0.717, 1.165) is 0 Å². The fraction of sp³-hybridized carbons (Fsp3) is 0.286. The van der Waals surface area contributed by atoms with E-state index in [2.05, 4.69) is 21.2 Å². The molecule has 0 aromatic carbocycles. The number of cyclic esters (lactones) is 1. The summed E-state index contributed by atoms with van der Waals surface area (Å²) in [6, 6.07) is 3.54. The molecule has 2 heterocycles. The fourth-order valence-corrected chi connectivity index (χ4v) is 1.37. The lowest BCUT2D eigenvalue weighted by atomic mass is 10.3. The van der Waals surface area contributed by atoms with Crippen molar-refractivity contribution in [1.82, 2.24) is 5.32 Å². The Bertz CT molecular complexity index is 309. The molecule has 1 aliphatic rings. The number of rotatable bonds is 1. The molecule has 0 radical (unpaired) electrons. The second-order valence-electron chi connectivity index (χ2n) is 2.42. The van der Waals surface area contributed by atoms with Gasteiger partial charge in [-0.05, 0) is 28.1 Å². The third-order valence-corrected chi connectivity index (χ3v) is 2.02. The maximum atomic E-state index is 10.6. The van der Waals surface area contributed by atoms with Gasteiger partial charge >= 0.3 is 6.09 Å². The SMILES string of the molecule is O=C1NCC(c2ccc(Br)o2)O1. The Kier molecular flexibility index (Phi) is 1.80. The van der Waals surface area contributed by atoms with Crippen molar-refractivity contribution in [3.05, 3.63) is 22.6 Å². The van der Waals surface area contributed by atoms with E-state index in [4.69, 9.17) is 9.15 Å². The highest BCUT2D eigenvalue weighted by molar-refractivity contribution is 9.10. The summed E-state index contributed by atoms with van der Waals surface area (Å²) >= 11 is 3.17. The van der Waals surface area contributed by atoms with Gasteiger partial charge in [-0.1, -0.05) is 0 Å². The Morgan fingerprint density at radius 3 is 2.92 bits per heavy atom. The maximum absolute atomic E-state index is 10.6. The molecule has 12 heavy (non-hydrogen) atoms. The van der Waals surface area contributed by atoms with Crippen molar-refractivity contribution < 1.29 is 13.9 Å². The molecular formula is C7H6BrNO3. The summed E-state index contributed by atoms with van der Waals surface area (Å²) < 4.78 is 10.8. The topological polar surface area (TPSA) is 51.5 Å². The van der Waals surface area contributed by atoms with Crippen LogP contribution in [0.15, 0.2) is 21.2 Å². The molecule has 64 valence electrons. The third-order valence-electron chi connectivity index (χ3n) is 1.59. The smallest absolute Gasteiger partial charge is 0.408 e. The summed E-state index contributed by atoms with van der Waals surface area (Å²) in [4.78, 5) is 10.6. The van der Waals surface area contributed by atoms with E-state index in [1.54, 1.807) is 12.1 Å². The predicted molar refractivity (Wildman–Crippen MR) is 43.6 cm³/mol. The zero-order valence-electron chi connectivity index (χ0n) is 6.04. The van der Waals surface area contributed by atoms with Gasteiger partial charge in [-0.3, -0.25) is 0 Å². The summed E-state index contributed by atoms with van der Waals surface area (Å²) in [6.45, 7) is 0.471. The van der Waals surface area contributed by atoms with E-state index < -0.39 is 6.09 Å². The van der Waals surface area contributed by atoms with Crippen LogP contribution >= 0.6 is 15.9 Å². The van der Waals surface area contributed by atoms with E-state index in [-0.39, 0.29) is 6.10 Å². The molecule has 2 rings (SSSR count). The quantitative estimate of drug-likeness (QED) is 0.803. The molecule has 0 bridgehead atoms. The minimum Gasteiger partial charge on any atom is -0.450 e. The standard InChI is InChI=1S/C7H6BrNO3/c8-6-2-1-4(11-6)5-3-9-7(10)12-5/h1-2,5H,3H2,(H,9,10). The van der Waals surface area contributed by atoms with E-state index in [9.17, 15) is 4.79 Å². The molecule has 0 saturated carbocycles. The van der Waals surface area contributed by atoms with Crippen LogP contribution in [0.4, 0.5) is 4.79 Å². The Morgan fingerprint density at radius 1 is 1.58 bits per heavy atom. The number of amides is 1. The Balaban J connectivity index is 2.15. The van der Waals surface area contributed by atoms with Gasteiger partial charge in [-0.15, -0.1) is 0 Å². The molecule has 0 spiro atoms. The second-order valence-corrected chi connectivity index (χ2v) is 3.20. The lowest BCUT2D eigenvalue weighted by Crippen LogP contribution is -2.12. The molecule has 1 aliphatic heterocycles. The van der Waals surface area contributed by atoms with Crippen molar-refractivity contribution in [3.8, 4) is 0 Å². The van der Waals surface area contributed by atoms with E-state index in [0.29, 0.717) is 17.0 Å². The van der Waals surface area contributed by atoms with Crippen LogP contribution in [0.5, 0.6) is 0 Å². The van der Waals surface area contributed by atoms with Crippen LogP contribution in [0.25, 0.3) is 0 Å². The molecule has 0 aliphatic carbocycles. The largest absolute Gasteiger partial charge is 0.450 e. The summed E-state index contributed by atoms with van der Waals surface area (Å²) in [5.74, 6) is 0.653. The van der Waals surface area contributed by atoms with Crippen molar-refractivity contribution in [2.24, 2.45) is 0 Å². The van der Waals surface area contributed by atoms with Crippen LogP contribution in [-0.4, -0.2) is 12.6 Å². The number of alkyl carbamates (subject to hydrolysis) is 1. The minimum atomic E-state index is -0.396. The van der Waals surface area contributed by atoms with Crippen LogP contribution in [0.3, 0.4) is 0 Å². The Labute approximate surface area is 77.0 Å². The summed E-state index contributed by atoms with van der Waals surface area (Å²) in [7, 11) is 0. The molecular weight excluding hydrogens is 226 g/mol. The number of hydrogen-bond donors (Lipinski definition) is 1. The lowest BCUT2D eigenvalue weighted by molar-refractivity contribution is 0.128. The predicted octanol–water partition coefficient (Wildman–Crippen LogP) is 1.82. The average Bonchev–Trinajstić information content (AvgIpc) is 2.58. The molecule has 1 atom stereocenters. The Hall–Kier alpha value is -0.970. The molecule has 1 N–H and O–H groups in total. The highest BCUT2D eigenvalue weighted by Gasteiger charge is 2.26. The number of halogens is 1. The summed E-state index contributed by atoms with van der Waals surface area (Å²) in [5, 5.41) is 2.54. The maximum Gasteiger partial charge on any atom is 0.408 e. The number of furan rings is 1. The zero-order valence-corrected chi connectivity index (χ0v) is 7.63. The van der Waals surface area contributed by atoms with Crippen LogP contribution in [0.1, 0.15) is 11.9 Å². The number of carbonyl (C=O) groups excluding carboxylic acids is 1. The molecule has 1 fully saturated rings. The van der Waals surface area contributed by atoms with Gasteiger partial charge < -0.3 is 14.5 Å². The zero-order chi connectivity index (χ0) is 8.55. The van der Waals surface area contributed by atoms with Crippen LogP contribution < -0.4 is 5.32 Å². The number of nitrogens with one attached hydrogen (secondary N) is 1. The van der Waals surface area contributed by atoms with Gasteiger partial charge in [0, 0.05) is 0 Å². The molecule has 1 amide bonds. The van der Waals surface area contributed by atoms with E-state index in [1.165, 1.54) is 0 Å². The highest BCUT2D eigenvalue weighted by atomic mass is 79.9. The van der Waals surface area contributed by atoms with Crippen molar-refractivity contribution in [2.75, 3.05) is 6.54 Å². The molecule has 4 nitrogen and oxygen atoms in total. The first-order chi connectivity index (χ1) is 5.75. The van der Waals surface area contributed by atoms with Gasteiger partial charge in [0.1, 0.15) is 5.76 Å². The van der Waals surface area contributed by atoms with Crippen LogP contribution in [0.2, 0.25) is 0 Å². The van der Waals surface area contributed by atoms with Crippen molar-refractivity contribution in [3.63, 3.8) is 0 Å². The first kappa shape index (κ1) is 7.67. The fourth-order valence-electron chi connectivity index (χ4n) is 1.05. The molecule has 1 aromatic rings. The Morgan fingerprint density at radius 2 is 2.42 bits per heavy atom. The van der Waals surface area contributed by atoms with Crippen molar-refractivity contribution in [2.45, 2.75) is 6.10 Å². The summed E-state index contributed by atoms with van der Waals surface area (Å²) in [5.41, 5.74) is 0. The number of carbonyl (C=O) groups is 1. The normalized spacial score (nSPS) is 22.1. The summed E-state index contributed by atoms with van der Waals surface area (Å²) in [6.07, 6.45) is -0.684. The van der Waals surface area contributed by atoms with Crippen LogP contribution in [0, 0.1) is 0 Å². The van der Waals surface area contributed by atoms with Crippen LogP contribution in [-0.2, 0) is 4.74 Å². The van der Waals surface area contributed by atoms with E-state index in [1.807, 2.05) is 0 Å². The van der Waals surface area contributed by atoms with Gasteiger partial charge in [-0.2, -0.15) is 0 Å². The minimum absolute atomic E-state index is 0.288. The molecule has 1 unspecified atom stereocenters. The number of ether oxygens (including phenoxy) is 1. The molecule has 1 saturated heterocycles. The number of hydrogen-bond acceptors (Lipinski definition) is 3. The lowest BCUT2D eigenvalue weighted by Gasteiger charge is -2.01. The van der Waals surface area contributed by atoms with Crippen molar-refractivity contribution in [1.29, 1.82) is 0 Å². The van der Waals surface area contributed by atoms with Gasteiger partial charge in [0.05, 0.1) is 6.54 Å².